The van der Waals surface area contributed by atoms with Gasteiger partial charge in [0.1, 0.15) is 39.5 Å². The monoisotopic (exact) mass is 788 g/mol. The van der Waals surface area contributed by atoms with E-state index in [1.807, 2.05) is 0 Å². The summed E-state index contributed by atoms with van der Waals surface area (Å²) in [5.41, 5.74) is -7.70. The molecule has 0 aromatic carbocycles. The molecule has 55 heavy (non-hydrogen) atoms. The van der Waals surface area contributed by atoms with Crippen LogP contribution in [0.25, 0.3) is 0 Å². The van der Waals surface area contributed by atoms with E-state index in [0.29, 0.717) is 24.5 Å². The van der Waals surface area contributed by atoms with Crippen molar-refractivity contribution < 1.29 is 58.4 Å². The zero-order valence-corrected chi connectivity index (χ0v) is 30.5. The summed E-state index contributed by atoms with van der Waals surface area (Å²) < 4.78 is 21.6. The Balaban J connectivity index is 2.16. The van der Waals surface area contributed by atoms with Crippen molar-refractivity contribution in [2.45, 2.75) is 85.5 Å². The second-order valence-corrected chi connectivity index (χ2v) is 12.5. The van der Waals surface area contributed by atoms with Crippen molar-refractivity contribution in [1.82, 2.24) is 22.8 Å². The molecule has 0 fully saturated rings. The normalized spacial score (nSPS) is 12.3. The third kappa shape index (κ3) is 13.3. The van der Waals surface area contributed by atoms with Crippen LogP contribution in [0, 0.1) is 22.0 Å². The lowest BCUT2D eigenvalue weighted by molar-refractivity contribution is -0.387. The predicted octanol–water partition coefficient (Wildman–Crippen LogP) is -3.92. The van der Waals surface area contributed by atoms with Gasteiger partial charge in [0.05, 0.1) is 62.4 Å². The van der Waals surface area contributed by atoms with Crippen LogP contribution in [0.2, 0.25) is 0 Å². The van der Waals surface area contributed by atoms with Crippen LogP contribution < -0.4 is 28.3 Å². The molecule has 0 aliphatic heterocycles. The van der Waals surface area contributed by atoms with Crippen LogP contribution in [0.5, 0.6) is 0 Å². The summed E-state index contributed by atoms with van der Waals surface area (Å²) in [6.45, 7) is -0.112. The molecule has 2 atom stereocenters. The standard InChI is InChI=1S/C31H44N6O18/c1-18(2)21(39)16-54-24(42)6-5-23(41)52-11-8-34-29(47)33(7-10-38)30(48)35(31(34)49)9-12-53-26(44)15-36-27(45)20(37(50)51)13-32(28(36)46)14-25(43)55-17-22(40)19(3)4/h13,18-19,21-22,38-40H,5-12,14-17H2,1-4H3. The SMILES string of the molecule is CC(C)C(O)COC(=O)CCC(=O)OCCn1c(=O)n(CCO)c(=O)n(CCOC(=O)Cn2c(=O)c([N+](=O)[O-])cn(CC(=O)OCC(O)C(C)C)c2=O)c1=O. The fourth-order valence-electron chi connectivity index (χ4n) is 4.32. The summed E-state index contributed by atoms with van der Waals surface area (Å²) in [6.07, 6.45) is -2.29. The average Bonchev–Trinajstić information content (AvgIpc) is 3.12. The first kappa shape index (κ1) is 45.4. The van der Waals surface area contributed by atoms with E-state index in [2.05, 4.69) is 0 Å². The van der Waals surface area contributed by atoms with E-state index in [1.54, 1.807) is 27.7 Å². The van der Waals surface area contributed by atoms with E-state index in [0.717, 1.165) is 0 Å². The van der Waals surface area contributed by atoms with Gasteiger partial charge >= 0.3 is 57.9 Å². The largest absolute Gasteiger partial charge is 0.464 e. The van der Waals surface area contributed by atoms with Gasteiger partial charge in [0.25, 0.3) is 0 Å². The topological polar surface area (TPSA) is 319 Å². The number of hydrogen-bond donors (Lipinski definition) is 3. The number of esters is 4. The van der Waals surface area contributed by atoms with Crippen LogP contribution in [-0.4, -0.2) is 112 Å². The van der Waals surface area contributed by atoms with Gasteiger partial charge in [-0.15, -0.1) is 0 Å². The van der Waals surface area contributed by atoms with Gasteiger partial charge in [0.15, 0.2) is 0 Å². The van der Waals surface area contributed by atoms with E-state index in [1.165, 1.54) is 0 Å². The lowest BCUT2D eigenvalue weighted by Crippen LogP contribution is -2.55. The Morgan fingerprint density at radius 1 is 0.655 bits per heavy atom. The molecule has 0 spiro atoms. The number of carbonyl (C=O) groups is 4. The summed E-state index contributed by atoms with van der Waals surface area (Å²) in [4.78, 5) is 124. The maximum absolute atomic E-state index is 13.1. The number of ether oxygens (including phenoxy) is 4. The maximum Gasteiger partial charge on any atom is 0.350 e. The molecule has 24 nitrogen and oxygen atoms in total. The smallest absolute Gasteiger partial charge is 0.350 e. The number of carbonyl (C=O) groups excluding carboxylic acids is 4. The number of aliphatic hydroxyl groups excluding tert-OH is 3. The van der Waals surface area contributed by atoms with Crippen molar-refractivity contribution in [3.63, 3.8) is 0 Å². The molecule has 24 heteroatoms. The Hall–Kier alpha value is -5.75. The summed E-state index contributed by atoms with van der Waals surface area (Å²) in [5.74, 6) is -4.59. The number of rotatable bonds is 22. The van der Waals surface area contributed by atoms with E-state index in [-0.39, 0.29) is 29.4 Å². The molecule has 0 aliphatic rings. The second kappa shape index (κ2) is 21.2. The molecule has 0 saturated heterocycles. The lowest BCUT2D eigenvalue weighted by Gasteiger charge is -2.15. The van der Waals surface area contributed by atoms with E-state index >= 15 is 0 Å². The van der Waals surface area contributed by atoms with E-state index in [9.17, 15) is 68.6 Å². The molecule has 2 aromatic heterocycles. The van der Waals surface area contributed by atoms with Crippen LogP contribution in [0.1, 0.15) is 40.5 Å². The van der Waals surface area contributed by atoms with Gasteiger partial charge < -0.3 is 34.3 Å². The highest BCUT2D eigenvalue weighted by molar-refractivity contribution is 5.77. The molecule has 0 bridgehead atoms. The third-order valence-electron chi connectivity index (χ3n) is 7.77. The minimum absolute atomic E-state index is 0.110. The minimum Gasteiger partial charge on any atom is -0.464 e. The van der Waals surface area contributed by atoms with Crippen LogP contribution in [0.15, 0.2) is 30.2 Å². The van der Waals surface area contributed by atoms with Crippen LogP contribution >= 0.6 is 0 Å². The zero-order chi connectivity index (χ0) is 41.6. The maximum atomic E-state index is 13.1. The van der Waals surface area contributed by atoms with Gasteiger partial charge in [-0.3, -0.25) is 38.7 Å². The molecule has 2 heterocycles. The molecule has 306 valence electrons. The molecule has 2 rings (SSSR count). The van der Waals surface area contributed by atoms with Gasteiger partial charge in [0, 0.05) is 0 Å². The Morgan fingerprint density at radius 3 is 1.53 bits per heavy atom. The Bertz CT molecular complexity index is 2010. The number of hydrogen-bond acceptors (Lipinski definition) is 18. The van der Waals surface area contributed by atoms with E-state index < -0.39 is 141 Å². The predicted molar refractivity (Wildman–Crippen MR) is 183 cm³/mol. The van der Waals surface area contributed by atoms with E-state index in [4.69, 9.17) is 18.9 Å². The molecular weight excluding hydrogens is 744 g/mol. The Labute approximate surface area is 309 Å². The highest BCUT2D eigenvalue weighted by Crippen LogP contribution is 2.05. The lowest BCUT2D eigenvalue weighted by atomic mass is 10.1. The Morgan fingerprint density at radius 2 is 1.07 bits per heavy atom. The minimum atomic E-state index is -1.52. The molecule has 3 N–H and O–H groups in total. The highest BCUT2D eigenvalue weighted by Gasteiger charge is 2.24. The van der Waals surface area contributed by atoms with Crippen molar-refractivity contribution >= 4 is 29.6 Å². The molecule has 2 unspecified atom stereocenters. The summed E-state index contributed by atoms with van der Waals surface area (Å²) in [7, 11) is 0. The average molecular weight is 789 g/mol. The van der Waals surface area contributed by atoms with Crippen LogP contribution in [-0.2, 0) is 70.8 Å². The van der Waals surface area contributed by atoms with Gasteiger partial charge in [-0.25, -0.2) is 37.4 Å². The zero-order valence-electron chi connectivity index (χ0n) is 30.5. The molecular formula is C31H44N6O18. The number of aliphatic hydroxyl groups is 3. The quantitative estimate of drug-likeness (QED) is 0.0444. The fourth-order valence-corrected chi connectivity index (χ4v) is 4.32. The fraction of sp³-hybridized carbons (Fsp3) is 0.645. The van der Waals surface area contributed by atoms with Crippen molar-refractivity contribution in [3.8, 4) is 0 Å². The Kier molecular flexibility index (Phi) is 17.5. The molecule has 0 amide bonds. The second-order valence-electron chi connectivity index (χ2n) is 12.5. The number of nitro groups is 1. The van der Waals surface area contributed by atoms with Crippen LogP contribution in [0.4, 0.5) is 5.69 Å². The van der Waals surface area contributed by atoms with Crippen molar-refractivity contribution in [3.05, 3.63) is 68.6 Å². The van der Waals surface area contributed by atoms with Gasteiger partial charge in [-0.2, -0.15) is 0 Å². The van der Waals surface area contributed by atoms with Gasteiger partial charge in [-0.1, -0.05) is 27.7 Å². The van der Waals surface area contributed by atoms with Crippen molar-refractivity contribution in [2.75, 3.05) is 33.0 Å². The number of aromatic nitrogens is 5. The molecule has 0 aliphatic carbocycles. The molecule has 2 aromatic rings. The first-order chi connectivity index (χ1) is 25.8. The summed E-state index contributed by atoms with van der Waals surface area (Å²) in [5, 5.41) is 40.4. The highest BCUT2D eigenvalue weighted by atomic mass is 16.6. The third-order valence-corrected chi connectivity index (χ3v) is 7.77. The summed E-state index contributed by atoms with van der Waals surface area (Å²) >= 11 is 0. The van der Waals surface area contributed by atoms with Crippen molar-refractivity contribution in [2.24, 2.45) is 11.8 Å². The van der Waals surface area contributed by atoms with Gasteiger partial charge in [0.2, 0.25) is 0 Å². The molecule has 0 radical (unpaired) electrons. The first-order valence-corrected chi connectivity index (χ1v) is 16.8. The molecule has 0 saturated carbocycles. The van der Waals surface area contributed by atoms with Crippen LogP contribution in [0.3, 0.4) is 0 Å². The number of nitrogens with zero attached hydrogens (tertiary/aromatic N) is 6. The van der Waals surface area contributed by atoms with Gasteiger partial charge in [-0.05, 0) is 11.8 Å². The first-order valence-electron chi connectivity index (χ1n) is 16.8. The summed E-state index contributed by atoms with van der Waals surface area (Å²) in [6, 6.07) is 0. The van der Waals surface area contributed by atoms with Crippen molar-refractivity contribution in [1.29, 1.82) is 0 Å².